The van der Waals surface area contributed by atoms with Gasteiger partial charge in [-0.1, -0.05) is 12.1 Å². The second kappa shape index (κ2) is 8.98. The van der Waals surface area contributed by atoms with Crippen molar-refractivity contribution in [1.29, 1.82) is 0 Å². The molecule has 0 fully saturated rings. The van der Waals surface area contributed by atoms with Crippen LogP contribution in [0.5, 0.6) is 23.0 Å². The molecule has 2 aromatic rings. The summed E-state index contributed by atoms with van der Waals surface area (Å²) >= 11 is 0. The highest BCUT2D eigenvalue weighted by molar-refractivity contribution is 5.94. The van der Waals surface area contributed by atoms with Gasteiger partial charge in [-0.15, -0.1) is 0 Å². The molecule has 8 heteroatoms. The van der Waals surface area contributed by atoms with E-state index in [0.29, 0.717) is 29.6 Å². The molecule has 148 valence electrons. The number of carbonyl (C=O) groups excluding carboxylic acids is 2. The molecule has 0 bridgehead atoms. The average molecular weight is 387 g/mol. The average Bonchev–Trinajstić information content (AvgIpc) is 2.75. The maximum Gasteiger partial charge on any atom is 0.342 e. The van der Waals surface area contributed by atoms with Crippen molar-refractivity contribution in [2.75, 3.05) is 34.0 Å². The summed E-state index contributed by atoms with van der Waals surface area (Å²) in [6.07, 6.45) is -0.323. The van der Waals surface area contributed by atoms with E-state index in [9.17, 15) is 9.59 Å². The number of esters is 1. The van der Waals surface area contributed by atoms with Crippen LogP contribution in [0.3, 0.4) is 0 Å². The Kier molecular flexibility index (Phi) is 6.21. The first kappa shape index (κ1) is 19.3. The van der Waals surface area contributed by atoms with Crippen LogP contribution in [0.2, 0.25) is 0 Å². The number of carbonyl (C=O) groups is 2. The highest BCUT2D eigenvalue weighted by Gasteiger charge is 2.21. The highest BCUT2D eigenvalue weighted by Crippen LogP contribution is 2.30. The van der Waals surface area contributed by atoms with Crippen molar-refractivity contribution in [2.45, 2.75) is 6.10 Å². The lowest BCUT2D eigenvalue weighted by molar-refractivity contribution is -0.124. The number of amides is 1. The van der Waals surface area contributed by atoms with E-state index in [1.54, 1.807) is 18.2 Å². The van der Waals surface area contributed by atoms with Gasteiger partial charge in [0.05, 0.1) is 20.8 Å². The second-order valence-electron chi connectivity index (χ2n) is 5.94. The van der Waals surface area contributed by atoms with Gasteiger partial charge < -0.3 is 29.0 Å². The van der Waals surface area contributed by atoms with Gasteiger partial charge in [-0.3, -0.25) is 4.79 Å². The molecule has 1 aliphatic rings. The third-order valence-electron chi connectivity index (χ3n) is 4.06. The van der Waals surface area contributed by atoms with Gasteiger partial charge in [0, 0.05) is 6.07 Å². The lowest BCUT2D eigenvalue weighted by Gasteiger charge is -2.26. The number of para-hydroxylation sites is 2. The summed E-state index contributed by atoms with van der Waals surface area (Å²) in [7, 11) is 2.94. The maximum atomic E-state index is 12.2. The standard InChI is InChI=1S/C20H21NO7/c1-24-13-7-8-15(18(9-13)25-2)20(23)27-12-19(22)21-10-14-11-26-16-5-3-4-6-17(16)28-14/h3-9,14H,10-12H2,1-2H3,(H,21,22). The molecule has 1 atom stereocenters. The molecule has 1 heterocycles. The van der Waals surface area contributed by atoms with Crippen LogP contribution in [0.25, 0.3) is 0 Å². The van der Waals surface area contributed by atoms with Crippen molar-refractivity contribution in [3.63, 3.8) is 0 Å². The normalized spacial score (nSPS) is 14.7. The van der Waals surface area contributed by atoms with Crippen molar-refractivity contribution in [3.8, 4) is 23.0 Å². The third kappa shape index (κ3) is 4.64. The molecule has 2 aromatic carbocycles. The van der Waals surface area contributed by atoms with Crippen LogP contribution in [-0.2, 0) is 9.53 Å². The quantitative estimate of drug-likeness (QED) is 0.725. The first-order chi connectivity index (χ1) is 13.6. The Morgan fingerprint density at radius 2 is 1.89 bits per heavy atom. The number of hydrogen-bond donors (Lipinski definition) is 1. The van der Waals surface area contributed by atoms with Gasteiger partial charge in [-0.2, -0.15) is 0 Å². The summed E-state index contributed by atoms with van der Waals surface area (Å²) in [4.78, 5) is 24.2. The van der Waals surface area contributed by atoms with E-state index in [-0.39, 0.29) is 18.2 Å². The minimum atomic E-state index is -0.666. The number of methoxy groups -OCH3 is 2. The zero-order chi connectivity index (χ0) is 19.9. The van der Waals surface area contributed by atoms with Gasteiger partial charge in [0.25, 0.3) is 5.91 Å². The molecular formula is C20H21NO7. The zero-order valence-corrected chi connectivity index (χ0v) is 15.6. The fourth-order valence-electron chi connectivity index (χ4n) is 2.62. The molecule has 0 spiro atoms. The molecule has 1 amide bonds. The number of hydrogen-bond acceptors (Lipinski definition) is 7. The van der Waals surface area contributed by atoms with Crippen LogP contribution in [0.15, 0.2) is 42.5 Å². The fourth-order valence-corrected chi connectivity index (χ4v) is 2.62. The summed E-state index contributed by atoms with van der Waals surface area (Å²) in [5.41, 5.74) is 0.205. The van der Waals surface area contributed by atoms with Gasteiger partial charge in [-0.25, -0.2) is 4.79 Å². The first-order valence-corrected chi connectivity index (χ1v) is 8.65. The Hall–Kier alpha value is -3.42. The molecule has 0 saturated carbocycles. The molecule has 1 aliphatic heterocycles. The Balaban J connectivity index is 1.46. The number of rotatable bonds is 7. The van der Waals surface area contributed by atoms with Gasteiger partial charge in [0.2, 0.25) is 0 Å². The minimum absolute atomic E-state index is 0.205. The summed E-state index contributed by atoms with van der Waals surface area (Å²) in [5, 5.41) is 2.66. The topological polar surface area (TPSA) is 92.3 Å². The van der Waals surface area contributed by atoms with Gasteiger partial charge >= 0.3 is 5.97 Å². The number of nitrogens with one attached hydrogen (secondary N) is 1. The van der Waals surface area contributed by atoms with Crippen LogP contribution in [0.1, 0.15) is 10.4 Å². The third-order valence-corrected chi connectivity index (χ3v) is 4.06. The summed E-state index contributed by atoms with van der Waals surface area (Å²) < 4.78 is 26.6. The zero-order valence-electron chi connectivity index (χ0n) is 15.6. The van der Waals surface area contributed by atoms with Crippen LogP contribution < -0.4 is 24.3 Å². The van der Waals surface area contributed by atoms with Crippen LogP contribution in [0.4, 0.5) is 0 Å². The number of benzene rings is 2. The molecule has 8 nitrogen and oxygen atoms in total. The lowest BCUT2D eigenvalue weighted by Crippen LogP contribution is -2.42. The van der Waals surface area contributed by atoms with Crippen molar-refractivity contribution >= 4 is 11.9 Å². The SMILES string of the molecule is COc1ccc(C(=O)OCC(=O)NCC2COc3ccccc3O2)c(OC)c1. The molecular weight excluding hydrogens is 366 g/mol. The molecule has 28 heavy (non-hydrogen) atoms. The largest absolute Gasteiger partial charge is 0.497 e. The lowest BCUT2D eigenvalue weighted by atomic mass is 10.2. The predicted molar refractivity (Wildman–Crippen MR) is 99.2 cm³/mol. The van der Waals surface area contributed by atoms with Gasteiger partial charge in [0.1, 0.15) is 29.8 Å². The Labute approximate surface area is 162 Å². The van der Waals surface area contributed by atoms with E-state index in [1.165, 1.54) is 20.3 Å². The molecule has 0 saturated heterocycles. The van der Waals surface area contributed by atoms with E-state index < -0.39 is 18.5 Å². The van der Waals surface area contributed by atoms with Gasteiger partial charge in [0.15, 0.2) is 18.1 Å². The maximum absolute atomic E-state index is 12.2. The Morgan fingerprint density at radius 1 is 1.11 bits per heavy atom. The van der Waals surface area contributed by atoms with Crippen molar-refractivity contribution in [3.05, 3.63) is 48.0 Å². The minimum Gasteiger partial charge on any atom is -0.497 e. The van der Waals surface area contributed by atoms with E-state index in [0.717, 1.165) is 0 Å². The second-order valence-corrected chi connectivity index (χ2v) is 5.94. The molecule has 0 aliphatic carbocycles. The van der Waals surface area contributed by atoms with Crippen LogP contribution in [0, 0.1) is 0 Å². The van der Waals surface area contributed by atoms with Crippen LogP contribution >= 0.6 is 0 Å². The number of ether oxygens (including phenoxy) is 5. The Bertz CT molecular complexity index is 852. The molecule has 0 aromatic heterocycles. The first-order valence-electron chi connectivity index (χ1n) is 8.65. The summed E-state index contributed by atoms with van der Waals surface area (Å²) in [6, 6.07) is 12.0. The molecule has 1 N–H and O–H groups in total. The highest BCUT2D eigenvalue weighted by atomic mass is 16.6. The van der Waals surface area contributed by atoms with Crippen molar-refractivity contribution in [2.24, 2.45) is 0 Å². The molecule has 0 radical (unpaired) electrons. The number of fused-ring (bicyclic) bond motifs is 1. The van der Waals surface area contributed by atoms with Gasteiger partial charge in [-0.05, 0) is 24.3 Å². The summed E-state index contributed by atoms with van der Waals surface area (Å²) in [6.45, 7) is 0.134. The van der Waals surface area contributed by atoms with Crippen molar-refractivity contribution < 1.29 is 33.3 Å². The molecule has 3 rings (SSSR count). The van der Waals surface area contributed by atoms with E-state index >= 15 is 0 Å². The van der Waals surface area contributed by atoms with E-state index in [1.807, 2.05) is 18.2 Å². The van der Waals surface area contributed by atoms with E-state index in [2.05, 4.69) is 5.32 Å². The monoisotopic (exact) mass is 387 g/mol. The van der Waals surface area contributed by atoms with Crippen LogP contribution in [-0.4, -0.2) is 52.0 Å². The fraction of sp³-hybridized carbons (Fsp3) is 0.300. The van der Waals surface area contributed by atoms with Crippen molar-refractivity contribution in [1.82, 2.24) is 5.32 Å². The Morgan fingerprint density at radius 3 is 2.64 bits per heavy atom. The predicted octanol–water partition coefficient (Wildman–Crippen LogP) is 1.82. The van der Waals surface area contributed by atoms with E-state index in [4.69, 9.17) is 23.7 Å². The smallest absolute Gasteiger partial charge is 0.342 e. The molecule has 1 unspecified atom stereocenters. The summed E-state index contributed by atoms with van der Waals surface area (Å²) in [5.74, 6) is 1.04.